The summed E-state index contributed by atoms with van der Waals surface area (Å²) in [5.41, 5.74) is 2.67. The molecule has 2 aliphatic rings. The number of halogens is 3. The van der Waals surface area contributed by atoms with Gasteiger partial charge in [-0.1, -0.05) is 5.11 Å². The number of rotatable bonds is 3. The van der Waals surface area contributed by atoms with Crippen molar-refractivity contribution in [3.63, 3.8) is 0 Å². The van der Waals surface area contributed by atoms with Gasteiger partial charge in [0.2, 0.25) is 0 Å². The largest absolute Gasteiger partial charge is 0.523 e. The first-order valence-electron chi connectivity index (χ1n) is 5.16. The smallest absolute Gasteiger partial charge is 0.390 e. The SMILES string of the molecule is [N-]=[N+]=N[C@H]1[C@@H]2OC[C@@H](O2)[C@H](OS(=O)(=O)C(F)(F)F)[C@@H]1O. The van der Waals surface area contributed by atoms with Crippen LogP contribution >= 0.6 is 0 Å². The van der Waals surface area contributed by atoms with Crippen molar-refractivity contribution in [2.45, 2.75) is 36.2 Å². The molecule has 0 aromatic rings. The molecule has 0 aliphatic carbocycles. The van der Waals surface area contributed by atoms with E-state index in [1.165, 1.54) is 0 Å². The number of azide groups is 1. The third-order valence-electron chi connectivity index (χ3n) is 2.77. The molecule has 0 amide bonds. The Hall–Kier alpha value is -1.11. The third-order valence-corrected chi connectivity index (χ3v) is 3.81. The number of nitrogens with zero attached hydrogens (tertiary/aromatic N) is 3. The van der Waals surface area contributed by atoms with Gasteiger partial charge in [-0.05, 0) is 5.53 Å². The molecular formula is C7H8F3N3O6S. The molecule has 2 fully saturated rings. The van der Waals surface area contributed by atoms with Crippen LogP contribution in [0.5, 0.6) is 0 Å². The Morgan fingerprint density at radius 3 is 2.65 bits per heavy atom. The molecule has 0 aromatic carbocycles. The molecule has 0 radical (unpaired) electrons. The van der Waals surface area contributed by atoms with Crippen LogP contribution < -0.4 is 0 Å². The van der Waals surface area contributed by atoms with Crippen LogP contribution in [0.25, 0.3) is 10.4 Å². The molecule has 9 nitrogen and oxygen atoms in total. The number of alkyl halides is 3. The highest BCUT2D eigenvalue weighted by Crippen LogP contribution is 2.35. The zero-order valence-corrected chi connectivity index (χ0v) is 10.3. The van der Waals surface area contributed by atoms with Gasteiger partial charge in [0.1, 0.15) is 18.2 Å². The molecule has 2 saturated heterocycles. The van der Waals surface area contributed by atoms with Crippen molar-refractivity contribution >= 4 is 10.1 Å². The second-order valence-corrected chi connectivity index (χ2v) is 5.59. The minimum Gasteiger partial charge on any atom is -0.390 e. The van der Waals surface area contributed by atoms with E-state index < -0.39 is 46.3 Å². The van der Waals surface area contributed by atoms with Crippen molar-refractivity contribution in [1.82, 2.24) is 0 Å². The Bertz CT molecular complexity index is 532. The van der Waals surface area contributed by atoms with Crippen LogP contribution in [0, 0.1) is 0 Å². The summed E-state index contributed by atoms with van der Waals surface area (Å²) in [6, 6.07) is -1.41. The van der Waals surface area contributed by atoms with Gasteiger partial charge in [-0.2, -0.15) is 21.6 Å². The summed E-state index contributed by atoms with van der Waals surface area (Å²) in [4.78, 5) is 2.38. The average molecular weight is 319 g/mol. The fourth-order valence-corrected chi connectivity index (χ4v) is 2.51. The maximum atomic E-state index is 12.3. The molecule has 2 aliphatic heterocycles. The molecule has 13 heteroatoms. The van der Waals surface area contributed by atoms with Gasteiger partial charge in [-0.3, -0.25) is 4.18 Å². The van der Waals surface area contributed by atoms with E-state index in [1.807, 2.05) is 0 Å². The highest BCUT2D eigenvalue weighted by Gasteiger charge is 2.56. The molecular weight excluding hydrogens is 311 g/mol. The van der Waals surface area contributed by atoms with Crippen LogP contribution in [0.4, 0.5) is 13.2 Å². The second-order valence-electron chi connectivity index (χ2n) is 4.02. The predicted molar refractivity (Wildman–Crippen MR) is 53.4 cm³/mol. The summed E-state index contributed by atoms with van der Waals surface area (Å²) in [6.07, 6.45) is -6.05. The summed E-state index contributed by atoms with van der Waals surface area (Å²) >= 11 is 0. The molecule has 0 unspecified atom stereocenters. The van der Waals surface area contributed by atoms with E-state index in [-0.39, 0.29) is 6.61 Å². The van der Waals surface area contributed by atoms with Crippen LogP contribution in [0.3, 0.4) is 0 Å². The Morgan fingerprint density at radius 1 is 1.45 bits per heavy atom. The van der Waals surface area contributed by atoms with E-state index in [9.17, 15) is 26.7 Å². The number of aliphatic hydroxyl groups is 1. The summed E-state index contributed by atoms with van der Waals surface area (Å²) in [5, 5.41) is 12.9. The first kappa shape index (κ1) is 15.3. The summed E-state index contributed by atoms with van der Waals surface area (Å²) in [5.74, 6) is 0. The van der Waals surface area contributed by atoms with Gasteiger partial charge in [-0.15, -0.1) is 0 Å². The summed E-state index contributed by atoms with van der Waals surface area (Å²) in [6.45, 7) is -0.294. The molecule has 0 saturated carbocycles. The predicted octanol–water partition coefficient (Wildman–Crippen LogP) is 0.0161. The minimum atomic E-state index is -5.92. The lowest BCUT2D eigenvalue weighted by Crippen LogP contribution is -2.55. The molecule has 2 heterocycles. The fraction of sp³-hybridized carbons (Fsp3) is 1.00. The monoisotopic (exact) mass is 319 g/mol. The lowest BCUT2D eigenvalue weighted by molar-refractivity contribution is -0.173. The lowest BCUT2D eigenvalue weighted by atomic mass is 10.00. The number of ether oxygens (including phenoxy) is 2. The van der Waals surface area contributed by atoms with E-state index in [2.05, 4.69) is 14.2 Å². The van der Waals surface area contributed by atoms with Crippen molar-refractivity contribution < 1.29 is 40.4 Å². The first-order valence-corrected chi connectivity index (χ1v) is 6.57. The quantitative estimate of drug-likeness (QED) is 0.256. The standard InChI is InChI=1S/C7H8F3N3O6S/c8-7(9,10)20(15,16)19-5-2-1-17-6(18-2)3(4(5)14)12-13-11/h2-6,14H,1H2/t2-,3-,4-,5+,6-/m1/s1. The topological polar surface area (TPSA) is 131 Å². The normalized spacial score (nSPS) is 37.5. The molecule has 5 atom stereocenters. The molecule has 114 valence electrons. The van der Waals surface area contributed by atoms with Crippen LogP contribution in [0.15, 0.2) is 5.11 Å². The number of aliphatic hydroxyl groups excluding tert-OH is 1. The third kappa shape index (κ3) is 2.55. The van der Waals surface area contributed by atoms with Gasteiger partial charge in [0.05, 0.1) is 12.7 Å². The van der Waals surface area contributed by atoms with E-state index in [0.717, 1.165) is 0 Å². The van der Waals surface area contributed by atoms with Crippen LogP contribution in [-0.4, -0.2) is 56.3 Å². The van der Waals surface area contributed by atoms with Gasteiger partial charge in [0.25, 0.3) is 0 Å². The fourth-order valence-electron chi connectivity index (χ4n) is 1.87. The van der Waals surface area contributed by atoms with Gasteiger partial charge >= 0.3 is 15.6 Å². The minimum absolute atomic E-state index is 0.294. The van der Waals surface area contributed by atoms with Crippen molar-refractivity contribution in [2.24, 2.45) is 5.11 Å². The Morgan fingerprint density at radius 2 is 2.10 bits per heavy atom. The number of hydrogen-bond acceptors (Lipinski definition) is 7. The zero-order valence-electron chi connectivity index (χ0n) is 9.47. The first-order chi connectivity index (χ1) is 9.17. The number of fused-ring (bicyclic) bond motifs is 2. The number of hydrogen-bond donors (Lipinski definition) is 1. The van der Waals surface area contributed by atoms with Crippen LogP contribution in [-0.2, 0) is 23.8 Å². The molecule has 1 N–H and O–H groups in total. The summed E-state index contributed by atoms with van der Waals surface area (Å²) < 4.78 is 72.6. The van der Waals surface area contributed by atoms with Crippen LogP contribution in [0.1, 0.15) is 0 Å². The van der Waals surface area contributed by atoms with Gasteiger partial charge in [-0.25, -0.2) is 0 Å². The maximum Gasteiger partial charge on any atom is 0.523 e. The van der Waals surface area contributed by atoms with Crippen molar-refractivity contribution in [3.8, 4) is 0 Å². The lowest BCUT2D eigenvalue weighted by Gasteiger charge is -2.35. The Kier molecular flexibility index (Phi) is 3.83. The maximum absolute atomic E-state index is 12.3. The highest BCUT2D eigenvalue weighted by molar-refractivity contribution is 7.87. The van der Waals surface area contributed by atoms with E-state index >= 15 is 0 Å². The Labute approximate surface area is 110 Å². The average Bonchev–Trinajstić information content (AvgIpc) is 2.75. The second kappa shape index (κ2) is 5.02. The van der Waals surface area contributed by atoms with E-state index in [1.54, 1.807) is 0 Å². The molecule has 2 bridgehead atoms. The van der Waals surface area contributed by atoms with Crippen molar-refractivity contribution in [1.29, 1.82) is 0 Å². The van der Waals surface area contributed by atoms with E-state index in [4.69, 9.17) is 15.0 Å². The van der Waals surface area contributed by atoms with Gasteiger partial charge in [0, 0.05) is 4.91 Å². The molecule has 20 heavy (non-hydrogen) atoms. The summed E-state index contributed by atoms with van der Waals surface area (Å²) in [7, 11) is -5.92. The van der Waals surface area contributed by atoms with Crippen LogP contribution in [0.2, 0.25) is 0 Å². The Balaban J connectivity index is 2.25. The van der Waals surface area contributed by atoms with Gasteiger partial charge in [0.15, 0.2) is 6.29 Å². The highest BCUT2D eigenvalue weighted by atomic mass is 32.2. The van der Waals surface area contributed by atoms with Crippen molar-refractivity contribution in [3.05, 3.63) is 10.4 Å². The van der Waals surface area contributed by atoms with Gasteiger partial charge < -0.3 is 14.6 Å². The molecule has 2 rings (SSSR count). The molecule has 0 spiro atoms. The zero-order chi connectivity index (χ0) is 15.1. The van der Waals surface area contributed by atoms with Crippen molar-refractivity contribution in [2.75, 3.05) is 6.61 Å². The molecule has 0 aromatic heterocycles. The van der Waals surface area contributed by atoms with E-state index in [0.29, 0.717) is 0 Å².